The van der Waals surface area contributed by atoms with E-state index in [4.69, 9.17) is 17.0 Å². The summed E-state index contributed by atoms with van der Waals surface area (Å²) in [5, 5.41) is 3.11. The van der Waals surface area contributed by atoms with Crippen molar-refractivity contribution in [2.75, 3.05) is 11.9 Å². The number of alkyl halides is 2. The van der Waals surface area contributed by atoms with Crippen LogP contribution in [0.15, 0.2) is 42.5 Å². The van der Waals surface area contributed by atoms with Gasteiger partial charge in [0.25, 0.3) is 5.91 Å². The summed E-state index contributed by atoms with van der Waals surface area (Å²) in [4.78, 5) is 12.2. The summed E-state index contributed by atoms with van der Waals surface area (Å²) in [7, 11) is 0. The standard InChI is InChI=1S/C18H19F2N3O3S/c1-3-25-15-10-12(6-9-14(15)26-17(19)20)16(24)22-23-18(27)21-13-7-4-11(2)5-8-13/h4-10,17H,3H2,1-2H3,(H,22,24)(H2,21,23,27). The molecule has 0 aromatic heterocycles. The summed E-state index contributed by atoms with van der Waals surface area (Å²) >= 11 is 5.11. The number of anilines is 1. The maximum Gasteiger partial charge on any atom is 0.387 e. The normalized spacial score (nSPS) is 10.3. The van der Waals surface area contributed by atoms with Crippen LogP contribution in [0.4, 0.5) is 14.5 Å². The van der Waals surface area contributed by atoms with Gasteiger partial charge in [-0.3, -0.25) is 15.6 Å². The number of thiocarbonyl (C=S) groups is 1. The van der Waals surface area contributed by atoms with E-state index in [2.05, 4.69) is 20.9 Å². The van der Waals surface area contributed by atoms with E-state index in [0.717, 1.165) is 11.3 Å². The highest BCUT2D eigenvalue weighted by atomic mass is 32.1. The molecule has 3 N–H and O–H groups in total. The lowest BCUT2D eigenvalue weighted by atomic mass is 10.2. The fourth-order valence-corrected chi connectivity index (χ4v) is 2.26. The second kappa shape index (κ2) is 9.67. The van der Waals surface area contributed by atoms with E-state index in [1.165, 1.54) is 18.2 Å². The predicted octanol–water partition coefficient (Wildman–Crippen LogP) is 3.63. The van der Waals surface area contributed by atoms with Crippen LogP contribution in [0.25, 0.3) is 0 Å². The molecule has 2 aromatic carbocycles. The molecule has 0 aliphatic carbocycles. The summed E-state index contributed by atoms with van der Waals surface area (Å²) in [5.41, 5.74) is 7.05. The molecular formula is C18H19F2N3O3S. The Hall–Kier alpha value is -2.94. The molecule has 0 spiro atoms. The van der Waals surface area contributed by atoms with Crippen molar-refractivity contribution in [3.63, 3.8) is 0 Å². The molecule has 0 atom stereocenters. The van der Waals surface area contributed by atoms with E-state index in [-0.39, 0.29) is 28.8 Å². The van der Waals surface area contributed by atoms with Gasteiger partial charge in [0.2, 0.25) is 0 Å². The summed E-state index contributed by atoms with van der Waals surface area (Å²) in [5.74, 6) is -0.619. The van der Waals surface area contributed by atoms with Gasteiger partial charge in [0.1, 0.15) is 0 Å². The van der Waals surface area contributed by atoms with Crippen LogP contribution >= 0.6 is 12.2 Å². The molecule has 0 heterocycles. The first-order valence-electron chi connectivity index (χ1n) is 8.04. The van der Waals surface area contributed by atoms with Crippen molar-refractivity contribution in [3.05, 3.63) is 53.6 Å². The number of benzene rings is 2. The molecule has 2 aromatic rings. The number of carbonyl (C=O) groups excluding carboxylic acids is 1. The smallest absolute Gasteiger partial charge is 0.387 e. The van der Waals surface area contributed by atoms with Crippen LogP contribution in [0.2, 0.25) is 0 Å². The highest BCUT2D eigenvalue weighted by Gasteiger charge is 2.14. The molecule has 0 aliphatic rings. The molecule has 2 rings (SSSR count). The number of rotatable bonds is 6. The Bertz CT molecular complexity index is 801. The third kappa shape index (κ3) is 6.37. The quantitative estimate of drug-likeness (QED) is 0.513. The Morgan fingerprint density at radius 3 is 2.44 bits per heavy atom. The Labute approximate surface area is 160 Å². The van der Waals surface area contributed by atoms with Gasteiger partial charge in [-0.15, -0.1) is 0 Å². The molecule has 0 saturated carbocycles. The van der Waals surface area contributed by atoms with Gasteiger partial charge in [0.05, 0.1) is 6.61 Å². The highest BCUT2D eigenvalue weighted by Crippen LogP contribution is 2.29. The monoisotopic (exact) mass is 395 g/mol. The van der Waals surface area contributed by atoms with Crippen LogP contribution in [0.3, 0.4) is 0 Å². The summed E-state index contributed by atoms with van der Waals surface area (Å²) in [6, 6.07) is 11.4. The van der Waals surface area contributed by atoms with Crippen LogP contribution < -0.4 is 25.6 Å². The first-order valence-corrected chi connectivity index (χ1v) is 8.45. The fourth-order valence-electron chi connectivity index (χ4n) is 2.10. The van der Waals surface area contributed by atoms with Crippen molar-refractivity contribution in [3.8, 4) is 11.5 Å². The topological polar surface area (TPSA) is 71.6 Å². The molecule has 1 amide bonds. The van der Waals surface area contributed by atoms with Crippen molar-refractivity contribution in [1.29, 1.82) is 0 Å². The van der Waals surface area contributed by atoms with Crippen LogP contribution in [-0.4, -0.2) is 24.2 Å². The van der Waals surface area contributed by atoms with Gasteiger partial charge in [0, 0.05) is 11.3 Å². The zero-order chi connectivity index (χ0) is 19.8. The lowest BCUT2D eigenvalue weighted by Crippen LogP contribution is -2.43. The molecule has 0 fully saturated rings. The predicted molar refractivity (Wildman–Crippen MR) is 102 cm³/mol. The minimum Gasteiger partial charge on any atom is -0.490 e. The second-order valence-corrected chi connectivity index (χ2v) is 5.78. The van der Waals surface area contributed by atoms with Crippen LogP contribution in [0, 0.1) is 6.92 Å². The largest absolute Gasteiger partial charge is 0.490 e. The summed E-state index contributed by atoms with van der Waals surface area (Å²) < 4.78 is 34.5. The van der Waals surface area contributed by atoms with Gasteiger partial charge in [-0.05, 0) is 56.4 Å². The molecule has 144 valence electrons. The van der Waals surface area contributed by atoms with Gasteiger partial charge in [-0.1, -0.05) is 17.7 Å². The van der Waals surface area contributed by atoms with E-state index in [1.54, 1.807) is 6.92 Å². The van der Waals surface area contributed by atoms with Crippen molar-refractivity contribution >= 4 is 28.9 Å². The molecule has 0 saturated heterocycles. The number of halogens is 2. The van der Waals surface area contributed by atoms with Gasteiger partial charge in [-0.2, -0.15) is 8.78 Å². The number of carbonyl (C=O) groups is 1. The van der Waals surface area contributed by atoms with E-state index < -0.39 is 12.5 Å². The van der Waals surface area contributed by atoms with Gasteiger partial charge in [0.15, 0.2) is 16.6 Å². The zero-order valence-electron chi connectivity index (χ0n) is 14.7. The van der Waals surface area contributed by atoms with Crippen LogP contribution in [0.1, 0.15) is 22.8 Å². The first-order chi connectivity index (χ1) is 12.9. The SMILES string of the molecule is CCOc1cc(C(=O)NNC(=S)Nc2ccc(C)cc2)ccc1OC(F)F. The molecule has 27 heavy (non-hydrogen) atoms. The number of amides is 1. The maximum atomic E-state index is 12.4. The van der Waals surface area contributed by atoms with Crippen molar-refractivity contribution in [1.82, 2.24) is 10.9 Å². The summed E-state index contributed by atoms with van der Waals surface area (Å²) in [6.45, 7) is 0.897. The van der Waals surface area contributed by atoms with E-state index in [9.17, 15) is 13.6 Å². The van der Waals surface area contributed by atoms with E-state index in [1.807, 2.05) is 31.2 Å². The van der Waals surface area contributed by atoms with Crippen LogP contribution in [-0.2, 0) is 0 Å². The zero-order valence-corrected chi connectivity index (χ0v) is 15.5. The Balaban J connectivity index is 1.97. The van der Waals surface area contributed by atoms with E-state index in [0.29, 0.717) is 0 Å². The molecule has 0 radical (unpaired) electrons. The van der Waals surface area contributed by atoms with Crippen molar-refractivity contribution < 1.29 is 23.0 Å². The fraction of sp³-hybridized carbons (Fsp3) is 0.222. The summed E-state index contributed by atoms with van der Waals surface area (Å²) in [6.07, 6.45) is 0. The molecule has 0 aliphatic heterocycles. The minimum atomic E-state index is -2.99. The average Bonchev–Trinajstić information content (AvgIpc) is 2.63. The second-order valence-electron chi connectivity index (χ2n) is 5.37. The molecule has 0 unspecified atom stereocenters. The number of nitrogens with one attached hydrogen (secondary N) is 3. The average molecular weight is 395 g/mol. The number of hydrogen-bond donors (Lipinski definition) is 3. The molecular weight excluding hydrogens is 376 g/mol. The Morgan fingerprint density at radius 2 is 1.81 bits per heavy atom. The first kappa shape index (κ1) is 20.4. The lowest BCUT2D eigenvalue weighted by molar-refractivity contribution is -0.0514. The molecule has 6 nitrogen and oxygen atoms in total. The number of hydrogen-bond acceptors (Lipinski definition) is 4. The van der Waals surface area contributed by atoms with Gasteiger partial charge < -0.3 is 14.8 Å². The van der Waals surface area contributed by atoms with Gasteiger partial charge >= 0.3 is 6.61 Å². The molecule has 9 heteroatoms. The lowest BCUT2D eigenvalue weighted by Gasteiger charge is -2.14. The van der Waals surface area contributed by atoms with E-state index >= 15 is 0 Å². The number of ether oxygens (including phenoxy) is 2. The minimum absolute atomic E-state index is 0.0470. The highest BCUT2D eigenvalue weighted by molar-refractivity contribution is 7.80. The Morgan fingerprint density at radius 1 is 1.11 bits per heavy atom. The Kier molecular flexibility index (Phi) is 7.30. The van der Waals surface area contributed by atoms with Crippen LogP contribution in [0.5, 0.6) is 11.5 Å². The molecule has 0 bridgehead atoms. The third-order valence-electron chi connectivity index (χ3n) is 3.32. The number of aryl methyl sites for hydroxylation is 1. The maximum absolute atomic E-state index is 12.4. The van der Waals surface area contributed by atoms with Gasteiger partial charge in [-0.25, -0.2) is 0 Å². The third-order valence-corrected chi connectivity index (χ3v) is 3.52. The van der Waals surface area contributed by atoms with Crippen molar-refractivity contribution in [2.45, 2.75) is 20.5 Å². The van der Waals surface area contributed by atoms with Crippen molar-refractivity contribution in [2.24, 2.45) is 0 Å². The number of hydrazine groups is 1.